The van der Waals surface area contributed by atoms with Gasteiger partial charge in [-0.2, -0.15) is 0 Å². The first-order valence-electron chi connectivity index (χ1n) is 5.41. The fourth-order valence-electron chi connectivity index (χ4n) is 1.57. The molecule has 1 aromatic carbocycles. The Kier molecular flexibility index (Phi) is 5.75. The second kappa shape index (κ2) is 6.84. The molecule has 94 valence electrons. The molecule has 0 aliphatic carbocycles. The van der Waals surface area contributed by atoms with Crippen molar-refractivity contribution in [1.29, 1.82) is 0 Å². The third-order valence-corrected chi connectivity index (χ3v) is 2.60. The van der Waals surface area contributed by atoms with E-state index in [0.29, 0.717) is 29.7 Å². The van der Waals surface area contributed by atoms with Crippen LogP contribution in [0.25, 0.3) is 0 Å². The molecule has 0 saturated heterocycles. The molecule has 1 amide bonds. The molecule has 1 N–H and O–H groups in total. The van der Waals surface area contributed by atoms with Crippen LogP contribution in [0.3, 0.4) is 0 Å². The van der Waals surface area contributed by atoms with Crippen molar-refractivity contribution in [2.45, 2.75) is 13.5 Å². The Bertz CT molecular complexity index is 376. The number of nitrogens with one attached hydrogen (secondary N) is 1. The molecule has 3 nitrogen and oxygen atoms in total. The summed E-state index contributed by atoms with van der Waals surface area (Å²) in [7, 11) is 1.88. The van der Waals surface area contributed by atoms with Crippen LogP contribution < -0.4 is 5.32 Å². The van der Waals surface area contributed by atoms with Crippen molar-refractivity contribution in [3.8, 4) is 0 Å². The molecule has 0 aromatic heterocycles. The summed E-state index contributed by atoms with van der Waals surface area (Å²) in [6.45, 7) is 3.54. The van der Waals surface area contributed by atoms with Crippen LogP contribution in [-0.4, -0.2) is 30.9 Å². The highest BCUT2D eigenvalue weighted by Crippen LogP contribution is 2.19. The summed E-state index contributed by atoms with van der Waals surface area (Å²) in [5.74, 6) is 0.0168. The van der Waals surface area contributed by atoms with Crippen LogP contribution in [0.2, 0.25) is 10.0 Å². The van der Waals surface area contributed by atoms with Gasteiger partial charge in [0.15, 0.2) is 0 Å². The molecule has 0 atom stereocenters. The molecule has 0 fully saturated rings. The second-order valence-electron chi connectivity index (χ2n) is 3.90. The zero-order chi connectivity index (χ0) is 12.8. The number of hydrogen-bond acceptors (Lipinski definition) is 2. The highest BCUT2D eigenvalue weighted by atomic mass is 35.5. The lowest BCUT2D eigenvalue weighted by atomic mass is 10.2. The largest absolute Gasteiger partial charge is 0.355 e. The van der Waals surface area contributed by atoms with E-state index in [-0.39, 0.29) is 5.91 Å². The van der Waals surface area contributed by atoms with Gasteiger partial charge in [-0.15, -0.1) is 0 Å². The maximum absolute atomic E-state index is 11.4. The van der Waals surface area contributed by atoms with Gasteiger partial charge in [-0.3, -0.25) is 9.69 Å². The van der Waals surface area contributed by atoms with E-state index in [2.05, 4.69) is 5.32 Å². The van der Waals surface area contributed by atoms with E-state index in [4.69, 9.17) is 23.2 Å². The fourth-order valence-corrected chi connectivity index (χ4v) is 2.14. The van der Waals surface area contributed by atoms with Crippen LogP contribution in [0.4, 0.5) is 0 Å². The Labute approximate surface area is 112 Å². The van der Waals surface area contributed by atoms with E-state index >= 15 is 0 Å². The zero-order valence-electron chi connectivity index (χ0n) is 9.96. The Hall–Kier alpha value is -0.770. The maximum Gasteiger partial charge on any atom is 0.234 e. The van der Waals surface area contributed by atoms with Crippen LogP contribution in [0.15, 0.2) is 18.2 Å². The van der Waals surface area contributed by atoms with E-state index in [1.807, 2.05) is 31.0 Å². The van der Waals surface area contributed by atoms with Gasteiger partial charge in [-0.1, -0.05) is 23.2 Å². The molecule has 0 heterocycles. The average molecular weight is 275 g/mol. The predicted octanol–water partition coefficient (Wildman–Crippen LogP) is 2.56. The minimum Gasteiger partial charge on any atom is -0.355 e. The van der Waals surface area contributed by atoms with E-state index in [0.717, 1.165) is 5.56 Å². The van der Waals surface area contributed by atoms with Crippen molar-refractivity contribution in [3.05, 3.63) is 33.8 Å². The minimum atomic E-state index is 0.0168. The van der Waals surface area contributed by atoms with Crippen molar-refractivity contribution in [2.75, 3.05) is 20.1 Å². The lowest BCUT2D eigenvalue weighted by molar-refractivity contribution is -0.121. The van der Waals surface area contributed by atoms with Gasteiger partial charge < -0.3 is 5.32 Å². The number of amides is 1. The first-order chi connectivity index (χ1) is 8.01. The zero-order valence-corrected chi connectivity index (χ0v) is 11.5. The molecule has 17 heavy (non-hydrogen) atoms. The minimum absolute atomic E-state index is 0.0168. The quantitative estimate of drug-likeness (QED) is 0.895. The van der Waals surface area contributed by atoms with Crippen LogP contribution >= 0.6 is 23.2 Å². The molecule has 0 saturated carbocycles. The predicted molar refractivity (Wildman–Crippen MR) is 71.5 cm³/mol. The molecular weight excluding hydrogens is 259 g/mol. The molecule has 1 rings (SSSR count). The van der Waals surface area contributed by atoms with Gasteiger partial charge in [-0.05, 0) is 37.7 Å². The molecule has 1 aromatic rings. The Morgan fingerprint density at radius 3 is 2.41 bits per heavy atom. The summed E-state index contributed by atoms with van der Waals surface area (Å²) in [5.41, 5.74) is 0.995. The van der Waals surface area contributed by atoms with Crippen molar-refractivity contribution in [1.82, 2.24) is 10.2 Å². The number of carbonyl (C=O) groups is 1. The SMILES string of the molecule is CCNC(=O)CN(C)Cc1cc(Cl)cc(Cl)c1. The molecule has 0 bridgehead atoms. The summed E-state index contributed by atoms with van der Waals surface area (Å²) in [6.07, 6.45) is 0. The Morgan fingerprint density at radius 1 is 1.29 bits per heavy atom. The molecule has 0 aliphatic heterocycles. The van der Waals surface area contributed by atoms with Gasteiger partial charge in [0.2, 0.25) is 5.91 Å². The van der Waals surface area contributed by atoms with Crippen molar-refractivity contribution in [2.24, 2.45) is 0 Å². The van der Waals surface area contributed by atoms with Crippen LogP contribution in [-0.2, 0) is 11.3 Å². The average Bonchev–Trinajstić information content (AvgIpc) is 2.14. The van der Waals surface area contributed by atoms with Gasteiger partial charge in [0, 0.05) is 23.1 Å². The topological polar surface area (TPSA) is 32.3 Å². The number of carbonyl (C=O) groups excluding carboxylic acids is 1. The second-order valence-corrected chi connectivity index (χ2v) is 4.78. The van der Waals surface area contributed by atoms with E-state index in [1.54, 1.807) is 6.07 Å². The molecular formula is C12H16Cl2N2O. The van der Waals surface area contributed by atoms with Crippen molar-refractivity contribution in [3.63, 3.8) is 0 Å². The molecule has 0 radical (unpaired) electrons. The monoisotopic (exact) mass is 274 g/mol. The number of nitrogens with zero attached hydrogens (tertiary/aromatic N) is 1. The summed E-state index contributed by atoms with van der Waals surface area (Å²) in [6, 6.07) is 5.39. The van der Waals surface area contributed by atoms with Gasteiger partial charge >= 0.3 is 0 Å². The number of likely N-dealkylation sites (N-methyl/N-ethyl adjacent to an activating group) is 2. The van der Waals surface area contributed by atoms with E-state index < -0.39 is 0 Å². The van der Waals surface area contributed by atoms with Crippen molar-refractivity contribution >= 4 is 29.1 Å². The standard InChI is InChI=1S/C12H16Cl2N2O/c1-3-15-12(17)8-16(2)7-9-4-10(13)6-11(14)5-9/h4-6H,3,7-8H2,1-2H3,(H,15,17). The third kappa shape index (κ3) is 5.39. The first kappa shape index (κ1) is 14.3. The van der Waals surface area contributed by atoms with Crippen molar-refractivity contribution < 1.29 is 4.79 Å². The van der Waals surface area contributed by atoms with Gasteiger partial charge in [0.1, 0.15) is 0 Å². The highest BCUT2D eigenvalue weighted by Gasteiger charge is 2.07. The lowest BCUT2D eigenvalue weighted by Gasteiger charge is -2.16. The highest BCUT2D eigenvalue weighted by molar-refractivity contribution is 6.34. The molecule has 0 unspecified atom stereocenters. The van der Waals surface area contributed by atoms with E-state index in [9.17, 15) is 4.79 Å². The fraction of sp³-hybridized carbons (Fsp3) is 0.417. The number of hydrogen-bond donors (Lipinski definition) is 1. The Morgan fingerprint density at radius 2 is 1.88 bits per heavy atom. The number of rotatable bonds is 5. The Balaban J connectivity index is 2.55. The molecule has 5 heteroatoms. The van der Waals surface area contributed by atoms with Crippen LogP contribution in [0, 0.1) is 0 Å². The molecule has 0 spiro atoms. The third-order valence-electron chi connectivity index (χ3n) is 2.16. The van der Waals surface area contributed by atoms with Gasteiger partial charge in [0.25, 0.3) is 0 Å². The summed E-state index contributed by atoms with van der Waals surface area (Å²) < 4.78 is 0. The smallest absolute Gasteiger partial charge is 0.234 e. The number of halogens is 2. The first-order valence-corrected chi connectivity index (χ1v) is 6.17. The molecule has 0 aliphatic rings. The summed E-state index contributed by atoms with van der Waals surface area (Å²) in [5, 5.41) is 3.97. The van der Waals surface area contributed by atoms with E-state index in [1.165, 1.54) is 0 Å². The summed E-state index contributed by atoms with van der Waals surface area (Å²) >= 11 is 11.8. The van der Waals surface area contributed by atoms with Gasteiger partial charge in [-0.25, -0.2) is 0 Å². The normalized spacial score (nSPS) is 10.6. The number of benzene rings is 1. The van der Waals surface area contributed by atoms with Crippen LogP contribution in [0.5, 0.6) is 0 Å². The van der Waals surface area contributed by atoms with Crippen LogP contribution in [0.1, 0.15) is 12.5 Å². The van der Waals surface area contributed by atoms with Gasteiger partial charge in [0.05, 0.1) is 6.54 Å². The maximum atomic E-state index is 11.4. The lowest BCUT2D eigenvalue weighted by Crippen LogP contribution is -2.34. The summed E-state index contributed by atoms with van der Waals surface area (Å²) in [4.78, 5) is 13.3.